The Hall–Kier alpha value is -0.830. The Morgan fingerprint density at radius 2 is 2.12 bits per heavy atom. The van der Waals surface area contributed by atoms with Crippen LogP contribution in [0.5, 0.6) is 5.75 Å². The fraction of sp³-hybridized carbons (Fsp3) is 0.571. The van der Waals surface area contributed by atoms with Gasteiger partial charge >= 0.3 is 0 Å². The molecule has 0 aliphatic carbocycles. The van der Waals surface area contributed by atoms with Gasteiger partial charge in [-0.15, -0.1) is 0 Å². The zero-order valence-corrected chi connectivity index (χ0v) is 11.6. The van der Waals surface area contributed by atoms with Gasteiger partial charge < -0.3 is 10.1 Å². The molecule has 1 aliphatic heterocycles. The van der Waals surface area contributed by atoms with Crippen LogP contribution in [0.3, 0.4) is 0 Å². The first-order chi connectivity index (χ1) is 8.16. The molecule has 1 saturated heterocycles. The molecule has 94 valence electrons. The monoisotopic (exact) mass is 251 g/mol. The summed E-state index contributed by atoms with van der Waals surface area (Å²) in [6.07, 6.45) is 1.45. The van der Waals surface area contributed by atoms with Crippen LogP contribution in [-0.4, -0.2) is 23.1 Å². The Balaban J connectivity index is 2.09. The molecule has 1 aliphatic rings. The molecule has 1 heterocycles. The van der Waals surface area contributed by atoms with E-state index in [1.165, 1.54) is 12.2 Å². The van der Waals surface area contributed by atoms with Gasteiger partial charge in [0.2, 0.25) is 0 Å². The topological polar surface area (TPSA) is 21.3 Å². The van der Waals surface area contributed by atoms with E-state index < -0.39 is 0 Å². The summed E-state index contributed by atoms with van der Waals surface area (Å²) < 4.78 is 5.82. The highest BCUT2D eigenvalue weighted by Gasteiger charge is 2.24. The molecule has 2 atom stereocenters. The molecular weight excluding hydrogens is 230 g/mol. The molecule has 1 N–H and O–H groups in total. The van der Waals surface area contributed by atoms with Crippen molar-refractivity contribution in [3.8, 4) is 5.75 Å². The zero-order chi connectivity index (χ0) is 12.3. The van der Waals surface area contributed by atoms with E-state index in [9.17, 15) is 0 Å². The summed E-state index contributed by atoms with van der Waals surface area (Å²) >= 11 is 2.04. The number of hydrogen-bond acceptors (Lipinski definition) is 3. The molecule has 17 heavy (non-hydrogen) atoms. The minimum absolute atomic E-state index is 0.216. The SMILES string of the molecule is CC(C)Oc1ccccc1NC1CCSC1C. The van der Waals surface area contributed by atoms with Crippen LogP contribution in [0.25, 0.3) is 0 Å². The van der Waals surface area contributed by atoms with Gasteiger partial charge in [-0.1, -0.05) is 19.1 Å². The van der Waals surface area contributed by atoms with E-state index in [0.29, 0.717) is 11.3 Å². The lowest BCUT2D eigenvalue weighted by atomic mass is 10.1. The number of nitrogens with one attached hydrogen (secondary N) is 1. The van der Waals surface area contributed by atoms with Gasteiger partial charge in [0.1, 0.15) is 5.75 Å². The maximum Gasteiger partial charge on any atom is 0.142 e. The smallest absolute Gasteiger partial charge is 0.142 e. The number of hydrogen-bond donors (Lipinski definition) is 1. The van der Waals surface area contributed by atoms with E-state index in [-0.39, 0.29) is 6.10 Å². The number of benzene rings is 1. The third kappa shape index (κ3) is 3.32. The Morgan fingerprint density at radius 3 is 2.76 bits per heavy atom. The minimum atomic E-state index is 0.216. The third-order valence-electron chi connectivity index (χ3n) is 2.97. The van der Waals surface area contributed by atoms with Crippen molar-refractivity contribution in [3.05, 3.63) is 24.3 Å². The van der Waals surface area contributed by atoms with Gasteiger partial charge in [-0.25, -0.2) is 0 Å². The predicted molar refractivity (Wildman–Crippen MR) is 76.2 cm³/mol. The lowest BCUT2D eigenvalue weighted by molar-refractivity contribution is 0.243. The number of rotatable bonds is 4. The zero-order valence-electron chi connectivity index (χ0n) is 10.8. The second-order valence-corrected chi connectivity index (χ2v) is 6.26. The van der Waals surface area contributed by atoms with Gasteiger partial charge in [-0.05, 0) is 38.2 Å². The predicted octanol–water partition coefficient (Wildman–Crippen LogP) is 3.78. The average Bonchev–Trinajstić information content (AvgIpc) is 2.67. The largest absolute Gasteiger partial charge is 0.489 e. The third-order valence-corrected chi connectivity index (χ3v) is 4.29. The van der Waals surface area contributed by atoms with E-state index in [4.69, 9.17) is 4.74 Å². The van der Waals surface area contributed by atoms with E-state index >= 15 is 0 Å². The van der Waals surface area contributed by atoms with E-state index in [1.807, 2.05) is 23.9 Å². The number of thioether (sulfide) groups is 1. The number of ether oxygens (including phenoxy) is 1. The van der Waals surface area contributed by atoms with Crippen LogP contribution in [0.1, 0.15) is 27.2 Å². The summed E-state index contributed by atoms with van der Waals surface area (Å²) in [5, 5.41) is 4.30. The highest BCUT2D eigenvalue weighted by atomic mass is 32.2. The minimum Gasteiger partial charge on any atom is -0.489 e. The first-order valence-corrected chi connectivity index (χ1v) is 7.35. The molecule has 0 radical (unpaired) electrons. The Bertz CT molecular complexity index is 367. The van der Waals surface area contributed by atoms with Crippen LogP contribution in [0.2, 0.25) is 0 Å². The van der Waals surface area contributed by atoms with Crippen molar-refractivity contribution < 1.29 is 4.74 Å². The van der Waals surface area contributed by atoms with E-state index in [1.54, 1.807) is 0 Å². The van der Waals surface area contributed by atoms with Crippen molar-refractivity contribution in [2.24, 2.45) is 0 Å². The van der Waals surface area contributed by atoms with E-state index in [2.05, 4.69) is 38.2 Å². The fourth-order valence-electron chi connectivity index (χ4n) is 2.06. The second kappa shape index (κ2) is 5.67. The van der Waals surface area contributed by atoms with Crippen molar-refractivity contribution in [1.29, 1.82) is 0 Å². The maximum absolute atomic E-state index is 5.82. The normalized spacial score (nSPS) is 24.0. The highest BCUT2D eigenvalue weighted by Crippen LogP contribution is 2.32. The maximum atomic E-state index is 5.82. The van der Waals surface area contributed by atoms with Gasteiger partial charge in [0.15, 0.2) is 0 Å². The first-order valence-electron chi connectivity index (χ1n) is 6.30. The van der Waals surface area contributed by atoms with Gasteiger partial charge in [0.25, 0.3) is 0 Å². The molecule has 1 fully saturated rings. The Labute approximate surface area is 108 Å². The lowest BCUT2D eigenvalue weighted by Crippen LogP contribution is -2.25. The van der Waals surface area contributed by atoms with Crippen LogP contribution in [0.15, 0.2) is 24.3 Å². The highest BCUT2D eigenvalue weighted by molar-refractivity contribution is 8.00. The van der Waals surface area contributed by atoms with Crippen molar-refractivity contribution in [2.45, 2.75) is 44.6 Å². The summed E-state index contributed by atoms with van der Waals surface area (Å²) in [4.78, 5) is 0. The Morgan fingerprint density at radius 1 is 1.35 bits per heavy atom. The molecule has 2 nitrogen and oxygen atoms in total. The summed E-state index contributed by atoms with van der Waals surface area (Å²) in [6, 6.07) is 8.79. The van der Waals surface area contributed by atoms with Gasteiger partial charge in [0.05, 0.1) is 11.8 Å². The lowest BCUT2D eigenvalue weighted by Gasteiger charge is -2.21. The molecule has 0 saturated carbocycles. The van der Waals surface area contributed by atoms with Crippen LogP contribution in [0.4, 0.5) is 5.69 Å². The molecule has 0 spiro atoms. The molecule has 0 bridgehead atoms. The Kier molecular flexibility index (Phi) is 4.21. The molecule has 0 aromatic heterocycles. The van der Waals surface area contributed by atoms with Crippen LogP contribution in [0, 0.1) is 0 Å². The molecule has 2 unspecified atom stereocenters. The van der Waals surface area contributed by atoms with E-state index in [0.717, 1.165) is 11.4 Å². The standard InChI is InChI=1S/C14H21NOS/c1-10(2)16-14-7-5-4-6-13(14)15-12-8-9-17-11(12)3/h4-7,10-12,15H,8-9H2,1-3H3. The van der Waals surface area contributed by atoms with Crippen LogP contribution < -0.4 is 10.1 Å². The van der Waals surface area contributed by atoms with Crippen molar-refractivity contribution >= 4 is 17.4 Å². The molecule has 3 heteroatoms. The molecule has 1 aromatic carbocycles. The quantitative estimate of drug-likeness (QED) is 0.880. The van der Waals surface area contributed by atoms with Crippen LogP contribution >= 0.6 is 11.8 Å². The fourth-order valence-corrected chi connectivity index (χ4v) is 3.26. The van der Waals surface area contributed by atoms with Crippen LogP contribution in [-0.2, 0) is 0 Å². The average molecular weight is 251 g/mol. The van der Waals surface area contributed by atoms with Gasteiger partial charge in [0, 0.05) is 11.3 Å². The molecule has 1 aromatic rings. The second-order valence-electron chi connectivity index (χ2n) is 4.78. The van der Waals surface area contributed by atoms with Gasteiger partial charge in [-0.3, -0.25) is 0 Å². The summed E-state index contributed by atoms with van der Waals surface area (Å²) in [6.45, 7) is 6.41. The van der Waals surface area contributed by atoms with Crippen molar-refractivity contribution in [1.82, 2.24) is 0 Å². The van der Waals surface area contributed by atoms with Crippen molar-refractivity contribution in [2.75, 3.05) is 11.1 Å². The van der Waals surface area contributed by atoms with Crippen molar-refractivity contribution in [3.63, 3.8) is 0 Å². The molecular formula is C14H21NOS. The number of anilines is 1. The summed E-state index contributed by atoms with van der Waals surface area (Å²) in [5.41, 5.74) is 1.13. The first kappa shape index (κ1) is 12.6. The summed E-state index contributed by atoms with van der Waals surface area (Å²) in [5.74, 6) is 2.22. The van der Waals surface area contributed by atoms with Gasteiger partial charge in [-0.2, -0.15) is 11.8 Å². The summed E-state index contributed by atoms with van der Waals surface area (Å²) in [7, 11) is 0. The molecule has 0 amide bonds. The molecule has 2 rings (SSSR count). The number of para-hydroxylation sites is 2.